The molecule has 30 heavy (non-hydrogen) atoms. The highest BCUT2D eigenvalue weighted by molar-refractivity contribution is 5.78. The van der Waals surface area contributed by atoms with E-state index in [0.29, 0.717) is 23.0 Å². The van der Waals surface area contributed by atoms with Crippen LogP contribution in [-0.4, -0.2) is 46.1 Å². The van der Waals surface area contributed by atoms with Gasteiger partial charge in [0.15, 0.2) is 18.1 Å². The van der Waals surface area contributed by atoms with Gasteiger partial charge in [-0.25, -0.2) is 9.82 Å². The summed E-state index contributed by atoms with van der Waals surface area (Å²) in [6.07, 6.45) is -0.396. The van der Waals surface area contributed by atoms with E-state index in [2.05, 4.69) is 16.2 Å². The van der Waals surface area contributed by atoms with E-state index in [-0.39, 0.29) is 30.3 Å². The van der Waals surface area contributed by atoms with Crippen molar-refractivity contribution >= 4 is 5.91 Å². The maximum atomic E-state index is 13.0. The van der Waals surface area contributed by atoms with Crippen LogP contribution in [0.25, 0.3) is 0 Å². The number of hydrogen-bond donors (Lipinski definition) is 3. The summed E-state index contributed by atoms with van der Waals surface area (Å²) in [6, 6.07) is 9.24. The summed E-state index contributed by atoms with van der Waals surface area (Å²) in [5.74, 6) is 1.20. The van der Waals surface area contributed by atoms with Crippen LogP contribution in [0.1, 0.15) is 18.4 Å². The maximum absolute atomic E-state index is 13.0. The minimum Gasteiger partial charge on any atom is -0.493 e. The van der Waals surface area contributed by atoms with Gasteiger partial charge in [-0.2, -0.15) is 0 Å². The third-order valence-corrected chi connectivity index (χ3v) is 4.94. The van der Waals surface area contributed by atoms with Crippen LogP contribution in [0.4, 0.5) is 4.39 Å². The Balaban J connectivity index is 1.73. The predicted molar refractivity (Wildman–Crippen MR) is 108 cm³/mol. The van der Waals surface area contributed by atoms with Crippen molar-refractivity contribution in [3.05, 3.63) is 47.8 Å². The third kappa shape index (κ3) is 4.74. The van der Waals surface area contributed by atoms with Crippen molar-refractivity contribution in [3.63, 3.8) is 0 Å². The van der Waals surface area contributed by atoms with Gasteiger partial charge in [0, 0.05) is 12.0 Å². The Kier molecular flexibility index (Phi) is 6.96. The molecule has 2 aromatic rings. The fourth-order valence-corrected chi connectivity index (χ4v) is 3.49. The van der Waals surface area contributed by atoms with Crippen molar-refractivity contribution in [2.45, 2.75) is 25.0 Å². The molecule has 0 aromatic heterocycles. The summed E-state index contributed by atoms with van der Waals surface area (Å²) in [5.41, 5.74) is 7.14. The Morgan fingerprint density at radius 3 is 2.23 bits per heavy atom. The van der Waals surface area contributed by atoms with Crippen LogP contribution < -0.4 is 35.1 Å². The summed E-state index contributed by atoms with van der Waals surface area (Å²) in [5, 5.41) is 2.92. The number of carbonyl (C=O) groups excluding carboxylic acids is 1. The minimum atomic E-state index is -0.396. The number of carbonyl (C=O) groups is 1. The number of amides is 1. The first kappa shape index (κ1) is 21.7. The summed E-state index contributed by atoms with van der Waals surface area (Å²) in [6.45, 7) is 1.81. The van der Waals surface area contributed by atoms with Crippen molar-refractivity contribution in [1.29, 1.82) is 0 Å². The Morgan fingerprint density at radius 2 is 1.67 bits per heavy atom. The number of rotatable bonds is 8. The highest BCUT2D eigenvalue weighted by atomic mass is 19.1. The monoisotopic (exact) mass is 419 g/mol. The van der Waals surface area contributed by atoms with E-state index in [1.807, 2.05) is 19.1 Å². The molecule has 1 saturated heterocycles. The lowest BCUT2D eigenvalue weighted by Gasteiger charge is -2.24. The normalized spacial score (nSPS) is 20.5. The number of ether oxygens (including phenoxy) is 4. The van der Waals surface area contributed by atoms with Gasteiger partial charge in [0.05, 0.1) is 21.3 Å². The lowest BCUT2D eigenvalue weighted by molar-refractivity contribution is -0.124. The van der Waals surface area contributed by atoms with E-state index in [1.165, 1.54) is 24.3 Å². The molecule has 1 aliphatic heterocycles. The number of hydrazine groups is 1. The summed E-state index contributed by atoms with van der Waals surface area (Å²) >= 11 is 0. The van der Waals surface area contributed by atoms with E-state index in [0.717, 1.165) is 5.56 Å². The van der Waals surface area contributed by atoms with Crippen molar-refractivity contribution < 1.29 is 28.1 Å². The second kappa shape index (κ2) is 9.64. The fourth-order valence-electron chi connectivity index (χ4n) is 3.49. The first-order valence-corrected chi connectivity index (χ1v) is 9.45. The van der Waals surface area contributed by atoms with Crippen LogP contribution in [0.5, 0.6) is 23.0 Å². The van der Waals surface area contributed by atoms with Gasteiger partial charge in [0.2, 0.25) is 5.75 Å². The van der Waals surface area contributed by atoms with Crippen molar-refractivity contribution in [3.8, 4) is 23.0 Å². The minimum absolute atomic E-state index is 0.0103. The van der Waals surface area contributed by atoms with Crippen LogP contribution in [0.3, 0.4) is 0 Å². The Morgan fingerprint density at radius 1 is 1.03 bits per heavy atom. The van der Waals surface area contributed by atoms with Gasteiger partial charge >= 0.3 is 0 Å². The zero-order chi connectivity index (χ0) is 21.7. The van der Waals surface area contributed by atoms with Crippen LogP contribution >= 0.6 is 0 Å². The third-order valence-electron chi connectivity index (χ3n) is 4.94. The summed E-state index contributed by atoms with van der Waals surface area (Å²) < 4.78 is 34.7. The molecule has 3 rings (SSSR count). The van der Waals surface area contributed by atoms with E-state index < -0.39 is 6.17 Å². The largest absolute Gasteiger partial charge is 0.493 e. The van der Waals surface area contributed by atoms with Crippen LogP contribution in [0, 0.1) is 5.82 Å². The second-order valence-corrected chi connectivity index (χ2v) is 6.85. The van der Waals surface area contributed by atoms with Crippen LogP contribution in [-0.2, 0) is 4.79 Å². The van der Waals surface area contributed by atoms with Gasteiger partial charge in [-0.3, -0.25) is 10.2 Å². The molecule has 1 amide bonds. The number of methoxy groups -OCH3 is 3. The molecule has 0 bridgehead atoms. The van der Waals surface area contributed by atoms with E-state index in [9.17, 15) is 9.18 Å². The molecule has 3 N–H and O–H groups in total. The number of halogens is 1. The molecule has 162 valence electrons. The zero-order valence-electron chi connectivity index (χ0n) is 17.3. The quantitative estimate of drug-likeness (QED) is 0.603. The molecule has 3 atom stereocenters. The van der Waals surface area contributed by atoms with E-state index in [4.69, 9.17) is 18.9 Å². The SMILES string of the molecule is COc1cc(C2C(C)NNC2NC(=O)COc2ccc(F)cc2)cc(OC)c1OC. The van der Waals surface area contributed by atoms with Gasteiger partial charge in [-0.15, -0.1) is 0 Å². The van der Waals surface area contributed by atoms with Crippen LogP contribution in [0.2, 0.25) is 0 Å². The van der Waals surface area contributed by atoms with Gasteiger partial charge in [0.25, 0.3) is 5.91 Å². The highest BCUT2D eigenvalue weighted by Crippen LogP contribution is 2.41. The average Bonchev–Trinajstić information content (AvgIpc) is 3.11. The molecular weight excluding hydrogens is 393 g/mol. The second-order valence-electron chi connectivity index (χ2n) is 6.85. The first-order valence-electron chi connectivity index (χ1n) is 9.45. The first-order chi connectivity index (χ1) is 14.5. The van der Waals surface area contributed by atoms with Crippen molar-refractivity contribution in [2.24, 2.45) is 0 Å². The van der Waals surface area contributed by atoms with Gasteiger partial charge in [-0.1, -0.05) is 0 Å². The van der Waals surface area contributed by atoms with E-state index in [1.54, 1.807) is 21.3 Å². The lowest BCUT2D eigenvalue weighted by Crippen LogP contribution is -2.47. The molecule has 2 aromatic carbocycles. The Labute approximate surface area is 174 Å². The van der Waals surface area contributed by atoms with Crippen molar-refractivity contribution in [2.75, 3.05) is 27.9 Å². The van der Waals surface area contributed by atoms with Crippen molar-refractivity contribution in [1.82, 2.24) is 16.2 Å². The highest BCUT2D eigenvalue weighted by Gasteiger charge is 2.36. The fraction of sp³-hybridized carbons (Fsp3) is 0.381. The topological polar surface area (TPSA) is 90.1 Å². The summed E-state index contributed by atoms with van der Waals surface area (Å²) in [4.78, 5) is 12.4. The maximum Gasteiger partial charge on any atom is 0.259 e. The molecule has 1 fully saturated rings. The number of benzene rings is 2. The Bertz CT molecular complexity index is 852. The standard InChI is InChI=1S/C21H26FN3O5/c1-12-19(13-9-16(27-2)20(29-4)17(10-13)28-3)21(25-24-12)23-18(26)11-30-15-7-5-14(22)6-8-15/h5-10,12,19,21,24-25H,11H2,1-4H3,(H,23,26). The molecule has 0 radical (unpaired) electrons. The number of nitrogens with one attached hydrogen (secondary N) is 3. The van der Waals surface area contributed by atoms with Crippen LogP contribution in [0.15, 0.2) is 36.4 Å². The molecule has 0 spiro atoms. The number of hydrogen-bond acceptors (Lipinski definition) is 7. The molecule has 1 heterocycles. The van der Waals surface area contributed by atoms with Gasteiger partial charge in [0.1, 0.15) is 17.7 Å². The van der Waals surface area contributed by atoms with Gasteiger partial charge < -0.3 is 24.3 Å². The molecule has 9 heteroatoms. The molecule has 1 aliphatic rings. The molecule has 3 unspecified atom stereocenters. The Hall–Kier alpha value is -3.04. The predicted octanol–water partition coefficient (Wildman–Crippen LogP) is 1.95. The molecule has 0 saturated carbocycles. The zero-order valence-corrected chi connectivity index (χ0v) is 17.3. The molecule has 8 nitrogen and oxygen atoms in total. The molecular formula is C21H26FN3O5. The smallest absolute Gasteiger partial charge is 0.259 e. The van der Waals surface area contributed by atoms with E-state index >= 15 is 0 Å². The average molecular weight is 419 g/mol. The van der Waals surface area contributed by atoms with Gasteiger partial charge in [-0.05, 0) is 48.9 Å². The lowest BCUT2D eigenvalue weighted by atomic mass is 9.90. The summed E-state index contributed by atoms with van der Waals surface area (Å²) in [7, 11) is 4.66. The molecule has 0 aliphatic carbocycles.